The standard InChI is InChI=1S/C11H17N.C10H15N.C7H15NO.2C6H13NO.C5H13N/c1-11(2,3)12-9-10-7-5-4-6-8-10;1-10(2,3)11-9-7-5-4-6-8-9;1-6(9)8(5)7(2,3)4;2*1-5(8)7-6(2,3)4;1-5(2,3)6-4/h4-8,12H,9H2,1-3H3;4-8,11H,1-3H3;1-5H3;2*1-4H3,(H,7,8);6H,1-4H3. The SMILES string of the molecule is CC(=O)N(C)C(C)(C)C.CC(=O)NC(C)(C)C.CC(=O)NC(C)(C)C.CC(C)(C)NCc1ccccc1.CC(C)(C)Nc1ccccc1.CNC(C)(C)C. The van der Waals surface area contributed by atoms with E-state index in [0.29, 0.717) is 5.54 Å². The molecule has 0 atom stereocenters. The van der Waals surface area contributed by atoms with Crippen molar-refractivity contribution in [1.82, 2.24) is 26.2 Å². The number of carbonyl (C=O) groups is 3. The molecule has 0 heterocycles. The summed E-state index contributed by atoms with van der Waals surface area (Å²) in [5, 5.41) is 15.4. The molecule has 2 rings (SSSR count). The van der Waals surface area contributed by atoms with Crippen molar-refractivity contribution < 1.29 is 14.4 Å². The number of hydrogen-bond donors (Lipinski definition) is 5. The number of nitrogens with one attached hydrogen (secondary N) is 5. The Bertz CT molecular complexity index is 1230. The predicted molar refractivity (Wildman–Crippen MR) is 237 cm³/mol. The molecule has 5 N–H and O–H groups in total. The average Bonchev–Trinajstić information content (AvgIpc) is 2.94. The van der Waals surface area contributed by atoms with Gasteiger partial charge in [0.2, 0.25) is 17.7 Å². The van der Waals surface area contributed by atoms with Gasteiger partial charge >= 0.3 is 0 Å². The largest absolute Gasteiger partial charge is 0.380 e. The third-order valence-corrected chi connectivity index (χ3v) is 6.29. The minimum Gasteiger partial charge on any atom is -0.380 e. The van der Waals surface area contributed by atoms with Crippen LogP contribution < -0.4 is 26.6 Å². The molecule has 0 aliphatic carbocycles. The fraction of sp³-hybridized carbons (Fsp3) is 0.667. The first-order valence-corrected chi connectivity index (χ1v) is 19.0. The number of amides is 3. The van der Waals surface area contributed by atoms with Gasteiger partial charge in [-0.05, 0) is 149 Å². The summed E-state index contributed by atoms with van der Waals surface area (Å²) in [5.41, 5.74) is 2.98. The summed E-state index contributed by atoms with van der Waals surface area (Å²) in [6.07, 6.45) is 0. The van der Waals surface area contributed by atoms with Crippen LogP contribution >= 0.6 is 0 Å². The number of benzene rings is 2. The van der Waals surface area contributed by atoms with Gasteiger partial charge in [0, 0.05) is 73.3 Å². The molecule has 0 spiro atoms. The van der Waals surface area contributed by atoms with Crippen LogP contribution in [0.3, 0.4) is 0 Å². The minimum atomic E-state index is -0.0775. The van der Waals surface area contributed by atoms with E-state index < -0.39 is 0 Å². The Balaban J connectivity index is -0.000000282. The van der Waals surface area contributed by atoms with E-state index in [1.165, 1.54) is 25.1 Å². The smallest absolute Gasteiger partial charge is 0.219 e. The van der Waals surface area contributed by atoms with E-state index in [1.807, 2.05) is 101 Å². The van der Waals surface area contributed by atoms with Crippen LogP contribution in [-0.4, -0.2) is 70.0 Å². The number of carbonyl (C=O) groups excluding carboxylic acids is 3. The molecule has 2 aromatic carbocycles. The van der Waals surface area contributed by atoms with Crippen LogP contribution in [0, 0.1) is 0 Å². The van der Waals surface area contributed by atoms with E-state index >= 15 is 0 Å². The summed E-state index contributed by atoms with van der Waals surface area (Å²) in [6, 6.07) is 20.7. The van der Waals surface area contributed by atoms with Gasteiger partial charge in [-0.1, -0.05) is 48.5 Å². The Labute approximate surface area is 334 Å². The fourth-order valence-corrected chi connectivity index (χ4v) is 3.45. The van der Waals surface area contributed by atoms with Gasteiger partial charge in [-0.15, -0.1) is 0 Å². The number of rotatable bonds is 3. The molecule has 0 bridgehead atoms. The average molecular weight is 759 g/mol. The van der Waals surface area contributed by atoms with Gasteiger partial charge in [0.15, 0.2) is 0 Å². The molecule has 54 heavy (non-hydrogen) atoms. The van der Waals surface area contributed by atoms with E-state index in [4.69, 9.17) is 0 Å². The van der Waals surface area contributed by atoms with Crippen molar-refractivity contribution in [3.05, 3.63) is 66.2 Å². The highest BCUT2D eigenvalue weighted by Crippen LogP contribution is 2.13. The van der Waals surface area contributed by atoms with Crippen molar-refractivity contribution >= 4 is 23.4 Å². The topological polar surface area (TPSA) is 115 Å². The summed E-state index contributed by atoms with van der Waals surface area (Å²) >= 11 is 0. The Hall–Kier alpha value is -3.43. The lowest BCUT2D eigenvalue weighted by molar-refractivity contribution is -0.131. The predicted octanol–water partition coefficient (Wildman–Crippen LogP) is 9.58. The molecule has 0 aliphatic rings. The van der Waals surface area contributed by atoms with Gasteiger partial charge in [-0.2, -0.15) is 0 Å². The van der Waals surface area contributed by atoms with Crippen LogP contribution in [0.1, 0.15) is 151 Å². The van der Waals surface area contributed by atoms with Crippen LogP contribution in [0.25, 0.3) is 0 Å². The molecule has 314 valence electrons. The fourth-order valence-electron chi connectivity index (χ4n) is 3.45. The minimum absolute atomic E-state index is 0.0255. The molecular weight excluding hydrogens is 673 g/mol. The van der Waals surface area contributed by atoms with Crippen molar-refractivity contribution in [3.63, 3.8) is 0 Å². The third kappa shape index (κ3) is 50.7. The number of nitrogens with zero attached hydrogens (tertiary/aromatic N) is 1. The zero-order valence-electron chi connectivity index (χ0n) is 39.2. The summed E-state index contributed by atoms with van der Waals surface area (Å²) in [7, 11) is 3.77. The van der Waals surface area contributed by atoms with Crippen LogP contribution in [0.5, 0.6) is 0 Å². The van der Waals surface area contributed by atoms with Crippen molar-refractivity contribution in [1.29, 1.82) is 0 Å². The number of anilines is 1. The molecule has 9 heteroatoms. The zero-order chi connectivity index (χ0) is 43.8. The van der Waals surface area contributed by atoms with Crippen LogP contribution in [0.2, 0.25) is 0 Å². The molecule has 9 nitrogen and oxygen atoms in total. The summed E-state index contributed by atoms with van der Waals surface area (Å²) in [6.45, 7) is 42.7. The Morgan fingerprint density at radius 1 is 0.519 bits per heavy atom. The van der Waals surface area contributed by atoms with Crippen LogP contribution in [0.4, 0.5) is 5.69 Å². The molecule has 0 radical (unpaired) electrons. The van der Waals surface area contributed by atoms with E-state index in [1.54, 1.807) is 11.8 Å². The number of para-hydroxylation sites is 1. The van der Waals surface area contributed by atoms with E-state index in [0.717, 1.165) is 6.54 Å². The maximum atomic E-state index is 10.7. The third-order valence-electron chi connectivity index (χ3n) is 6.29. The first-order valence-electron chi connectivity index (χ1n) is 19.0. The quantitative estimate of drug-likeness (QED) is 0.213. The van der Waals surface area contributed by atoms with Crippen molar-refractivity contribution in [2.45, 2.75) is 185 Å². The Morgan fingerprint density at radius 2 is 0.852 bits per heavy atom. The first-order chi connectivity index (χ1) is 23.9. The monoisotopic (exact) mass is 759 g/mol. The molecule has 0 aliphatic heterocycles. The van der Waals surface area contributed by atoms with Crippen LogP contribution in [0.15, 0.2) is 60.7 Å². The summed E-state index contributed by atoms with van der Waals surface area (Å²) < 4.78 is 0. The van der Waals surface area contributed by atoms with E-state index in [2.05, 4.69) is 125 Å². The molecule has 0 aromatic heterocycles. The van der Waals surface area contributed by atoms with Crippen molar-refractivity contribution in [2.24, 2.45) is 0 Å². The Kier molecular flexibility index (Phi) is 28.0. The highest BCUT2D eigenvalue weighted by Gasteiger charge is 2.18. The van der Waals surface area contributed by atoms with Gasteiger partial charge < -0.3 is 31.5 Å². The lowest BCUT2D eigenvalue weighted by Crippen LogP contribution is -2.41. The highest BCUT2D eigenvalue weighted by atomic mass is 16.2. The lowest BCUT2D eigenvalue weighted by Gasteiger charge is -2.30. The maximum Gasteiger partial charge on any atom is 0.219 e. The second-order valence-electron chi connectivity index (χ2n) is 19.4. The second-order valence-corrected chi connectivity index (χ2v) is 19.4. The molecule has 0 unspecified atom stereocenters. The van der Waals surface area contributed by atoms with Crippen molar-refractivity contribution in [2.75, 3.05) is 19.4 Å². The second kappa shape index (κ2) is 26.4. The van der Waals surface area contributed by atoms with Gasteiger partial charge in [0.25, 0.3) is 0 Å². The highest BCUT2D eigenvalue weighted by molar-refractivity contribution is 5.74. The van der Waals surface area contributed by atoms with Crippen LogP contribution in [-0.2, 0) is 20.9 Å². The van der Waals surface area contributed by atoms with Gasteiger partial charge in [-0.3, -0.25) is 14.4 Å². The van der Waals surface area contributed by atoms with E-state index in [-0.39, 0.29) is 45.4 Å². The lowest BCUT2D eigenvalue weighted by atomic mass is 10.1. The van der Waals surface area contributed by atoms with Gasteiger partial charge in [0.05, 0.1) is 0 Å². The zero-order valence-corrected chi connectivity index (χ0v) is 39.2. The molecule has 2 aromatic rings. The molecule has 0 saturated heterocycles. The van der Waals surface area contributed by atoms with Gasteiger partial charge in [0.1, 0.15) is 0 Å². The molecular formula is C45H86N6O3. The van der Waals surface area contributed by atoms with Crippen molar-refractivity contribution in [3.8, 4) is 0 Å². The Morgan fingerprint density at radius 3 is 1.04 bits per heavy atom. The molecule has 0 fully saturated rings. The first kappa shape index (κ1) is 57.3. The molecule has 3 amide bonds. The summed E-state index contributed by atoms with van der Waals surface area (Å²) in [4.78, 5) is 33.1. The summed E-state index contributed by atoms with van der Waals surface area (Å²) in [5.74, 6) is 0.164. The maximum absolute atomic E-state index is 10.7. The molecule has 0 saturated carbocycles. The van der Waals surface area contributed by atoms with Gasteiger partial charge in [-0.25, -0.2) is 0 Å². The normalized spacial score (nSPS) is 11.3. The number of hydrogen-bond acceptors (Lipinski definition) is 6. The van der Waals surface area contributed by atoms with E-state index in [9.17, 15) is 14.4 Å².